The molecule has 72 valence electrons. The van der Waals surface area contributed by atoms with E-state index in [-0.39, 0.29) is 6.04 Å². The van der Waals surface area contributed by atoms with Gasteiger partial charge < -0.3 is 14.9 Å². The van der Waals surface area contributed by atoms with Crippen LogP contribution in [0.15, 0.2) is 16.7 Å². The van der Waals surface area contributed by atoms with Crippen molar-refractivity contribution in [3.8, 4) is 0 Å². The fourth-order valence-electron chi connectivity index (χ4n) is 1.78. The molecule has 3 heteroatoms. The number of ether oxygens (including phenoxy) is 1. The molecule has 2 atom stereocenters. The van der Waals surface area contributed by atoms with E-state index in [1.54, 1.807) is 6.26 Å². The Morgan fingerprint density at radius 2 is 2.46 bits per heavy atom. The minimum atomic E-state index is -0.00231. The summed E-state index contributed by atoms with van der Waals surface area (Å²) in [5, 5.41) is 0. The average Bonchev–Trinajstić information content (AvgIpc) is 2.72. The van der Waals surface area contributed by atoms with Crippen LogP contribution in [0.3, 0.4) is 0 Å². The fraction of sp³-hybridized carbons (Fsp3) is 0.600. The van der Waals surface area contributed by atoms with Crippen LogP contribution in [0.5, 0.6) is 0 Å². The van der Waals surface area contributed by atoms with Crippen molar-refractivity contribution >= 4 is 0 Å². The molecule has 0 amide bonds. The van der Waals surface area contributed by atoms with Crippen molar-refractivity contribution in [2.75, 3.05) is 13.2 Å². The van der Waals surface area contributed by atoms with E-state index in [2.05, 4.69) is 0 Å². The first kappa shape index (κ1) is 8.78. The molecule has 1 aliphatic heterocycles. The number of hydrogen-bond donors (Lipinski definition) is 1. The number of rotatable bonds is 2. The molecule has 2 N–H and O–H groups in total. The maximum Gasteiger partial charge on any atom is 0.123 e. The summed E-state index contributed by atoms with van der Waals surface area (Å²) in [6.07, 6.45) is 2.74. The summed E-state index contributed by atoms with van der Waals surface area (Å²) < 4.78 is 10.7. The highest BCUT2D eigenvalue weighted by molar-refractivity contribution is 5.18. The van der Waals surface area contributed by atoms with Gasteiger partial charge in [0.05, 0.1) is 18.9 Å². The molecule has 13 heavy (non-hydrogen) atoms. The molecule has 0 aliphatic carbocycles. The first-order valence-electron chi connectivity index (χ1n) is 4.66. The lowest BCUT2D eigenvalue weighted by Crippen LogP contribution is -2.21. The van der Waals surface area contributed by atoms with E-state index in [1.165, 1.54) is 0 Å². The zero-order valence-corrected chi connectivity index (χ0v) is 7.82. The van der Waals surface area contributed by atoms with Crippen LogP contribution in [0.1, 0.15) is 23.8 Å². The Morgan fingerprint density at radius 1 is 1.62 bits per heavy atom. The summed E-state index contributed by atoms with van der Waals surface area (Å²) in [6.45, 7) is 3.62. The number of hydrogen-bond acceptors (Lipinski definition) is 3. The first-order valence-corrected chi connectivity index (χ1v) is 4.66. The Labute approximate surface area is 77.9 Å². The minimum Gasteiger partial charge on any atom is -0.467 e. The van der Waals surface area contributed by atoms with E-state index in [4.69, 9.17) is 14.9 Å². The smallest absolute Gasteiger partial charge is 0.123 e. The van der Waals surface area contributed by atoms with E-state index in [0.717, 1.165) is 31.0 Å². The molecule has 1 saturated heterocycles. The van der Waals surface area contributed by atoms with E-state index in [9.17, 15) is 0 Å². The van der Waals surface area contributed by atoms with Crippen LogP contribution in [0.25, 0.3) is 0 Å². The van der Waals surface area contributed by atoms with Gasteiger partial charge in [-0.05, 0) is 25.0 Å². The van der Waals surface area contributed by atoms with Crippen molar-refractivity contribution in [2.24, 2.45) is 11.7 Å². The van der Waals surface area contributed by atoms with Gasteiger partial charge in [0.2, 0.25) is 0 Å². The van der Waals surface area contributed by atoms with Crippen molar-refractivity contribution in [1.29, 1.82) is 0 Å². The van der Waals surface area contributed by atoms with Gasteiger partial charge in [-0.1, -0.05) is 0 Å². The molecule has 0 saturated carbocycles. The Balaban J connectivity index is 2.12. The van der Waals surface area contributed by atoms with Gasteiger partial charge in [-0.15, -0.1) is 0 Å². The summed E-state index contributed by atoms with van der Waals surface area (Å²) in [5.41, 5.74) is 7.21. The predicted octanol–water partition coefficient (Wildman–Crippen LogP) is 1.62. The molecular formula is C10H15NO2. The molecule has 2 heterocycles. The van der Waals surface area contributed by atoms with Gasteiger partial charge in [0.1, 0.15) is 5.76 Å². The van der Waals surface area contributed by atoms with Crippen molar-refractivity contribution in [3.05, 3.63) is 23.7 Å². The van der Waals surface area contributed by atoms with Crippen molar-refractivity contribution in [3.63, 3.8) is 0 Å². The zero-order valence-electron chi connectivity index (χ0n) is 7.82. The van der Waals surface area contributed by atoms with Gasteiger partial charge in [-0.25, -0.2) is 0 Å². The Bertz CT molecular complexity index is 276. The van der Waals surface area contributed by atoms with Crippen molar-refractivity contribution in [1.82, 2.24) is 0 Å². The largest absolute Gasteiger partial charge is 0.467 e. The lowest BCUT2D eigenvalue weighted by atomic mass is 9.96. The highest BCUT2D eigenvalue weighted by atomic mass is 16.5. The lowest BCUT2D eigenvalue weighted by molar-refractivity contribution is 0.178. The van der Waals surface area contributed by atoms with Crippen LogP contribution in [0.2, 0.25) is 0 Å². The third-order valence-electron chi connectivity index (χ3n) is 2.68. The second kappa shape index (κ2) is 3.52. The second-order valence-corrected chi connectivity index (χ2v) is 3.62. The summed E-state index contributed by atoms with van der Waals surface area (Å²) in [7, 11) is 0. The van der Waals surface area contributed by atoms with E-state index in [1.807, 2.05) is 13.0 Å². The van der Waals surface area contributed by atoms with Crippen LogP contribution in [-0.2, 0) is 4.74 Å². The highest BCUT2D eigenvalue weighted by Gasteiger charge is 2.26. The standard InChI is InChI=1S/C10H15NO2/c1-7-2-5-13-10(7)9(11)8-3-4-12-6-8/h2,5,8-9H,3-4,6,11H2,1H3. The lowest BCUT2D eigenvalue weighted by Gasteiger charge is -2.15. The normalized spacial score (nSPS) is 24.9. The van der Waals surface area contributed by atoms with Gasteiger partial charge in [-0.2, -0.15) is 0 Å². The van der Waals surface area contributed by atoms with E-state index in [0.29, 0.717) is 5.92 Å². The number of aryl methyl sites for hydroxylation is 1. The topological polar surface area (TPSA) is 48.4 Å². The number of nitrogens with two attached hydrogens (primary N) is 1. The van der Waals surface area contributed by atoms with Crippen LogP contribution in [0, 0.1) is 12.8 Å². The van der Waals surface area contributed by atoms with Crippen LogP contribution >= 0.6 is 0 Å². The fourth-order valence-corrected chi connectivity index (χ4v) is 1.78. The van der Waals surface area contributed by atoms with Crippen LogP contribution in [-0.4, -0.2) is 13.2 Å². The average molecular weight is 181 g/mol. The van der Waals surface area contributed by atoms with Gasteiger partial charge in [-0.3, -0.25) is 0 Å². The first-order chi connectivity index (χ1) is 6.29. The van der Waals surface area contributed by atoms with Gasteiger partial charge in [0.15, 0.2) is 0 Å². The molecule has 2 unspecified atom stereocenters. The molecule has 3 nitrogen and oxygen atoms in total. The molecule has 1 fully saturated rings. The third kappa shape index (κ3) is 1.62. The molecule has 1 aliphatic rings. The summed E-state index contributed by atoms with van der Waals surface area (Å²) in [6, 6.07) is 1.95. The summed E-state index contributed by atoms with van der Waals surface area (Å²) in [5.74, 6) is 1.33. The Kier molecular flexibility index (Phi) is 2.38. The third-order valence-corrected chi connectivity index (χ3v) is 2.68. The van der Waals surface area contributed by atoms with E-state index >= 15 is 0 Å². The second-order valence-electron chi connectivity index (χ2n) is 3.62. The molecule has 0 spiro atoms. The van der Waals surface area contributed by atoms with Gasteiger partial charge in [0.25, 0.3) is 0 Å². The maximum atomic E-state index is 6.07. The van der Waals surface area contributed by atoms with Crippen molar-refractivity contribution < 1.29 is 9.15 Å². The minimum absolute atomic E-state index is 0.00231. The van der Waals surface area contributed by atoms with Gasteiger partial charge in [0, 0.05) is 12.5 Å². The quantitative estimate of drug-likeness (QED) is 0.754. The highest BCUT2D eigenvalue weighted by Crippen LogP contribution is 2.28. The van der Waals surface area contributed by atoms with E-state index < -0.39 is 0 Å². The van der Waals surface area contributed by atoms with Gasteiger partial charge >= 0.3 is 0 Å². The Hall–Kier alpha value is -0.800. The van der Waals surface area contributed by atoms with Crippen molar-refractivity contribution in [2.45, 2.75) is 19.4 Å². The maximum absolute atomic E-state index is 6.07. The monoisotopic (exact) mass is 181 g/mol. The molecule has 0 aromatic carbocycles. The summed E-state index contributed by atoms with van der Waals surface area (Å²) in [4.78, 5) is 0. The molecule has 0 bridgehead atoms. The van der Waals surface area contributed by atoms with Crippen LogP contribution in [0.4, 0.5) is 0 Å². The zero-order chi connectivity index (χ0) is 9.26. The SMILES string of the molecule is Cc1ccoc1C(N)C1CCOC1. The summed E-state index contributed by atoms with van der Waals surface area (Å²) >= 11 is 0. The van der Waals surface area contributed by atoms with Crippen LogP contribution < -0.4 is 5.73 Å². The number of furan rings is 1. The predicted molar refractivity (Wildman–Crippen MR) is 49.3 cm³/mol. The molecule has 2 rings (SSSR count). The molecular weight excluding hydrogens is 166 g/mol. The molecule has 1 aromatic heterocycles. The molecule has 1 aromatic rings. The Morgan fingerprint density at radius 3 is 3.00 bits per heavy atom. The molecule has 0 radical (unpaired) electrons.